The summed E-state index contributed by atoms with van der Waals surface area (Å²) < 4.78 is 2.75. The molecular formula is C30H44N4. The summed E-state index contributed by atoms with van der Waals surface area (Å²) in [5.74, 6) is 3.99. The van der Waals surface area contributed by atoms with Gasteiger partial charge < -0.3 is 9.88 Å². The van der Waals surface area contributed by atoms with E-state index in [0.29, 0.717) is 12.0 Å². The fourth-order valence-corrected chi connectivity index (χ4v) is 9.11. The summed E-state index contributed by atoms with van der Waals surface area (Å²) >= 11 is 0. The van der Waals surface area contributed by atoms with Gasteiger partial charge >= 0.3 is 0 Å². The number of rotatable bonds is 3. The lowest BCUT2D eigenvalue weighted by molar-refractivity contribution is -0.0421. The van der Waals surface area contributed by atoms with Crippen LogP contribution in [0.1, 0.15) is 108 Å². The van der Waals surface area contributed by atoms with Gasteiger partial charge in [0.15, 0.2) is 0 Å². The third-order valence-corrected chi connectivity index (χ3v) is 10.4. The number of nitrogens with one attached hydrogen (secondary N) is 1. The Bertz CT molecular complexity index is 963. The minimum Gasteiger partial charge on any atom is -0.324 e. The van der Waals surface area contributed by atoms with Crippen molar-refractivity contribution in [2.45, 2.75) is 120 Å². The van der Waals surface area contributed by atoms with Gasteiger partial charge in [0.2, 0.25) is 0 Å². The van der Waals surface area contributed by atoms with Gasteiger partial charge in [0.05, 0.1) is 11.0 Å². The highest BCUT2D eigenvalue weighted by Crippen LogP contribution is 2.47. The summed E-state index contributed by atoms with van der Waals surface area (Å²) in [5.41, 5.74) is 2.61. The van der Waals surface area contributed by atoms with E-state index in [0.717, 1.165) is 36.5 Å². The molecule has 7 rings (SSSR count). The van der Waals surface area contributed by atoms with Crippen LogP contribution in [0.4, 0.5) is 0 Å². The van der Waals surface area contributed by atoms with E-state index in [4.69, 9.17) is 4.98 Å². The van der Waals surface area contributed by atoms with Gasteiger partial charge in [-0.1, -0.05) is 44.2 Å². The van der Waals surface area contributed by atoms with Crippen molar-refractivity contribution in [1.29, 1.82) is 0 Å². The molecule has 1 aromatic heterocycles. The first kappa shape index (κ1) is 21.9. The van der Waals surface area contributed by atoms with Gasteiger partial charge in [-0.3, -0.25) is 4.90 Å². The maximum absolute atomic E-state index is 5.27. The highest BCUT2D eigenvalue weighted by Gasteiger charge is 2.45. The Morgan fingerprint density at radius 1 is 0.706 bits per heavy atom. The second-order valence-electron chi connectivity index (χ2n) is 12.6. The fraction of sp³-hybridized carbons (Fsp3) is 0.767. The van der Waals surface area contributed by atoms with Crippen LogP contribution in [-0.4, -0.2) is 45.7 Å². The first-order chi connectivity index (χ1) is 16.8. The molecule has 4 nitrogen and oxygen atoms in total. The number of benzene rings is 1. The van der Waals surface area contributed by atoms with Crippen LogP contribution in [0, 0.1) is 11.8 Å². The van der Waals surface area contributed by atoms with Gasteiger partial charge in [0.1, 0.15) is 5.82 Å². The second-order valence-corrected chi connectivity index (χ2v) is 12.6. The van der Waals surface area contributed by atoms with Gasteiger partial charge in [-0.15, -0.1) is 0 Å². The van der Waals surface area contributed by atoms with Crippen molar-refractivity contribution in [2.24, 2.45) is 11.8 Å². The Morgan fingerprint density at radius 2 is 1.47 bits per heavy atom. The molecule has 3 saturated heterocycles. The van der Waals surface area contributed by atoms with Crippen LogP contribution in [0.5, 0.6) is 0 Å². The van der Waals surface area contributed by atoms with Crippen LogP contribution in [0.15, 0.2) is 24.3 Å². The van der Waals surface area contributed by atoms with Gasteiger partial charge in [0, 0.05) is 36.6 Å². The fourth-order valence-electron chi connectivity index (χ4n) is 9.11. The monoisotopic (exact) mass is 460 g/mol. The molecule has 0 amide bonds. The zero-order chi connectivity index (χ0) is 22.5. The van der Waals surface area contributed by atoms with E-state index in [1.54, 1.807) is 6.42 Å². The predicted molar refractivity (Wildman–Crippen MR) is 139 cm³/mol. The number of imidazole rings is 1. The van der Waals surface area contributed by atoms with Gasteiger partial charge in [-0.25, -0.2) is 4.98 Å². The number of hydrogen-bond acceptors (Lipinski definition) is 3. The number of aromatic nitrogens is 2. The molecule has 5 fully saturated rings. The Hall–Kier alpha value is -1.39. The molecule has 0 radical (unpaired) electrons. The van der Waals surface area contributed by atoms with E-state index in [-0.39, 0.29) is 0 Å². The van der Waals surface area contributed by atoms with Crippen LogP contribution in [0.2, 0.25) is 0 Å². The molecule has 0 unspecified atom stereocenters. The average molecular weight is 461 g/mol. The molecule has 34 heavy (non-hydrogen) atoms. The minimum atomic E-state index is 0.570. The maximum Gasteiger partial charge on any atom is 0.114 e. The third kappa shape index (κ3) is 3.93. The van der Waals surface area contributed by atoms with E-state index in [1.165, 1.54) is 107 Å². The van der Waals surface area contributed by atoms with E-state index in [9.17, 15) is 0 Å². The highest BCUT2D eigenvalue weighted by atomic mass is 15.3. The van der Waals surface area contributed by atoms with Gasteiger partial charge in [0.25, 0.3) is 0 Å². The molecule has 3 aliphatic heterocycles. The van der Waals surface area contributed by atoms with Crippen molar-refractivity contribution in [2.75, 3.05) is 13.1 Å². The quantitative estimate of drug-likeness (QED) is 0.574. The topological polar surface area (TPSA) is 33.1 Å². The number of nitrogens with zero attached hydrogens (tertiary/aromatic N) is 3. The van der Waals surface area contributed by atoms with E-state index < -0.39 is 0 Å². The number of piperidine rings is 3. The van der Waals surface area contributed by atoms with Gasteiger partial charge in [-0.05, 0) is 88.3 Å². The number of para-hydroxylation sites is 2. The average Bonchev–Trinajstić information content (AvgIpc) is 3.17. The molecule has 2 aromatic rings. The van der Waals surface area contributed by atoms with Crippen molar-refractivity contribution in [1.82, 2.24) is 19.8 Å². The Balaban J connectivity index is 1.19. The second kappa shape index (κ2) is 9.24. The van der Waals surface area contributed by atoms with E-state index in [1.807, 2.05) is 0 Å². The molecule has 1 N–H and O–H groups in total. The summed E-state index contributed by atoms with van der Waals surface area (Å²) in [5, 5.41) is 3.66. The SMILES string of the molecule is c1ccc2c(c1)nc([C@H]1CCCNC1)n2[C@H]1C[C@H]2CCC[C@@H](C1)N2[C@@H]1C[C@@H]2CCCC[C@@H](C2)C1. The van der Waals surface area contributed by atoms with Crippen LogP contribution in [-0.2, 0) is 0 Å². The molecule has 4 heteroatoms. The molecule has 1 aromatic carbocycles. The van der Waals surface area contributed by atoms with E-state index >= 15 is 0 Å². The van der Waals surface area contributed by atoms with Gasteiger partial charge in [-0.2, -0.15) is 0 Å². The normalized spacial score (nSPS) is 39.1. The van der Waals surface area contributed by atoms with Crippen molar-refractivity contribution < 1.29 is 0 Å². The summed E-state index contributed by atoms with van der Waals surface area (Å²) in [6.45, 7) is 2.27. The van der Waals surface area contributed by atoms with Crippen molar-refractivity contribution in [3.63, 3.8) is 0 Å². The molecule has 184 valence electrons. The zero-order valence-corrected chi connectivity index (χ0v) is 21.0. The van der Waals surface area contributed by atoms with Crippen LogP contribution < -0.4 is 5.32 Å². The Morgan fingerprint density at radius 3 is 2.21 bits per heavy atom. The lowest BCUT2D eigenvalue weighted by Crippen LogP contribution is -2.58. The maximum atomic E-state index is 5.27. The summed E-state index contributed by atoms with van der Waals surface area (Å²) in [7, 11) is 0. The van der Waals surface area contributed by atoms with Crippen LogP contribution >= 0.6 is 0 Å². The first-order valence-corrected chi connectivity index (χ1v) is 14.8. The molecular weight excluding hydrogens is 416 g/mol. The van der Waals surface area contributed by atoms with Crippen molar-refractivity contribution >= 4 is 11.0 Å². The van der Waals surface area contributed by atoms with Crippen molar-refractivity contribution in [3.05, 3.63) is 30.1 Å². The zero-order valence-electron chi connectivity index (χ0n) is 21.0. The predicted octanol–water partition coefficient (Wildman–Crippen LogP) is 6.42. The first-order valence-electron chi connectivity index (χ1n) is 14.8. The molecule has 4 heterocycles. The number of fused-ring (bicyclic) bond motifs is 5. The highest BCUT2D eigenvalue weighted by molar-refractivity contribution is 5.76. The summed E-state index contributed by atoms with van der Waals surface area (Å²) in [4.78, 5) is 8.39. The molecule has 2 aliphatic carbocycles. The molecule has 2 saturated carbocycles. The van der Waals surface area contributed by atoms with Crippen LogP contribution in [0.25, 0.3) is 11.0 Å². The minimum absolute atomic E-state index is 0.570. The summed E-state index contributed by atoms with van der Waals surface area (Å²) in [6, 6.07) is 12.1. The Labute approximate surface area is 205 Å². The standard InChI is InChI=1S/C30H44N4/c1-2-8-22-15-21(7-1)16-26(17-22)33-24-10-5-11-25(33)19-27(18-24)34-29-13-4-3-12-28(29)32-30(34)23-9-6-14-31-20-23/h3-4,12-13,21-27,31H,1-2,5-11,14-20H2/t21-,22+,23-,24-,25+,26-,27+/m0/s1. The molecule has 0 spiro atoms. The van der Waals surface area contributed by atoms with Crippen molar-refractivity contribution in [3.8, 4) is 0 Å². The molecule has 7 atom stereocenters. The Kier molecular flexibility index (Phi) is 5.94. The van der Waals surface area contributed by atoms with E-state index in [2.05, 4.69) is 39.0 Å². The number of hydrogen-bond donors (Lipinski definition) is 1. The summed E-state index contributed by atoms with van der Waals surface area (Å²) in [6.07, 6.45) is 20.1. The third-order valence-electron chi connectivity index (χ3n) is 10.4. The molecule has 5 aliphatic rings. The largest absolute Gasteiger partial charge is 0.324 e. The smallest absolute Gasteiger partial charge is 0.114 e. The lowest BCUT2D eigenvalue weighted by atomic mass is 9.73. The molecule has 4 bridgehead atoms. The van der Waals surface area contributed by atoms with Crippen LogP contribution in [0.3, 0.4) is 0 Å². The lowest BCUT2D eigenvalue weighted by Gasteiger charge is -2.55.